The molecule has 0 aliphatic carbocycles. The van der Waals surface area contributed by atoms with Crippen molar-refractivity contribution in [2.45, 2.75) is 6.42 Å². The van der Waals surface area contributed by atoms with Gasteiger partial charge in [0.25, 0.3) is 0 Å². The van der Waals surface area contributed by atoms with Crippen molar-refractivity contribution < 1.29 is 4.79 Å². The molecule has 11 heavy (non-hydrogen) atoms. The van der Waals surface area contributed by atoms with Crippen LogP contribution >= 0.6 is 0 Å². The van der Waals surface area contributed by atoms with Crippen LogP contribution < -0.4 is 11.5 Å². The Morgan fingerprint density at radius 1 is 1.64 bits per heavy atom. The summed E-state index contributed by atoms with van der Waals surface area (Å²) in [6.07, 6.45) is 1.76. The van der Waals surface area contributed by atoms with E-state index in [9.17, 15) is 4.79 Å². The number of carbonyl (C=O) groups excluding carboxylic acids is 1. The minimum absolute atomic E-state index is 0.215. The van der Waals surface area contributed by atoms with Gasteiger partial charge in [0, 0.05) is 6.20 Å². The molecule has 0 radical (unpaired) electrons. The van der Waals surface area contributed by atoms with Gasteiger partial charge in [-0.1, -0.05) is 0 Å². The Hall–Kier alpha value is -1.58. The molecule has 1 rings (SSSR count). The summed E-state index contributed by atoms with van der Waals surface area (Å²) in [5.41, 5.74) is 11.1. The van der Waals surface area contributed by atoms with Crippen LogP contribution in [0.4, 0.5) is 5.82 Å². The largest absolute Gasteiger partial charge is 0.384 e. The van der Waals surface area contributed by atoms with Gasteiger partial charge < -0.3 is 11.5 Å². The molecule has 0 fully saturated rings. The van der Waals surface area contributed by atoms with E-state index in [1.54, 1.807) is 18.3 Å². The van der Waals surface area contributed by atoms with Crippen molar-refractivity contribution in [3.8, 4) is 0 Å². The van der Waals surface area contributed by atoms with E-state index in [1.807, 2.05) is 0 Å². The zero-order valence-electron chi connectivity index (χ0n) is 5.95. The number of amides is 1. The van der Waals surface area contributed by atoms with Gasteiger partial charge in [-0.2, -0.15) is 0 Å². The summed E-state index contributed by atoms with van der Waals surface area (Å²) in [5, 5.41) is 0. The number of nitrogen functional groups attached to an aromatic ring is 1. The van der Waals surface area contributed by atoms with E-state index in [4.69, 9.17) is 11.5 Å². The molecule has 58 valence electrons. The highest BCUT2D eigenvalue weighted by atomic mass is 16.1. The third kappa shape index (κ3) is 2.25. The van der Waals surface area contributed by atoms with Crippen LogP contribution in [-0.2, 0) is 11.2 Å². The van der Waals surface area contributed by atoms with Crippen LogP contribution in [0.25, 0.3) is 0 Å². The van der Waals surface area contributed by atoms with Crippen LogP contribution in [0.3, 0.4) is 0 Å². The molecule has 0 unspecified atom stereocenters. The maximum atomic E-state index is 10.4. The van der Waals surface area contributed by atoms with Crippen molar-refractivity contribution in [1.82, 2.24) is 4.98 Å². The van der Waals surface area contributed by atoms with Gasteiger partial charge in [-0.05, 0) is 17.7 Å². The number of nitrogens with zero attached hydrogens (tertiary/aromatic N) is 1. The average molecular weight is 151 g/mol. The third-order valence-corrected chi connectivity index (χ3v) is 1.22. The molecule has 0 aliphatic heterocycles. The van der Waals surface area contributed by atoms with Gasteiger partial charge in [-0.25, -0.2) is 4.98 Å². The maximum Gasteiger partial charge on any atom is 0.221 e. The smallest absolute Gasteiger partial charge is 0.221 e. The summed E-state index contributed by atoms with van der Waals surface area (Å²) in [5.74, 6) is 0.0411. The van der Waals surface area contributed by atoms with E-state index < -0.39 is 0 Å². The number of rotatable bonds is 2. The van der Waals surface area contributed by atoms with Crippen molar-refractivity contribution >= 4 is 11.7 Å². The number of anilines is 1. The fourth-order valence-electron chi connectivity index (χ4n) is 0.806. The Morgan fingerprint density at radius 2 is 2.36 bits per heavy atom. The molecule has 4 nitrogen and oxygen atoms in total. The van der Waals surface area contributed by atoms with Gasteiger partial charge in [-0.3, -0.25) is 4.79 Å². The maximum absolute atomic E-state index is 10.4. The molecule has 0 saturated carbocycles. The van der Waals surface area contributed by atoms with Crippen LogP contribution in [0.15, 0.2) is 18.3 Å². The van der Waals surface area contributed by atoms with Crippen LogP contribution in [0.5, 0.6) is 0 Å². The molecule has 1 aromatic rings. The molecule has 0 bridgehead atoms. The topological polar surface area (TPSA) is 82.0 Å². The van der Waals surface area contributed by atoms with Crippen LogP contribution in [0.1, 0.15) is 5.56 Å². The van der Waals surface area contributed by atoms with Crippen molar-refractivity contribution in [2.75, 3.05) is 5.73 Å². The first-order chi connectivity index (χ1) is 5.18. The highest BCUT2D eigenvalue weighted by Crippen LogP contribution is 2.02. The molecule has 1 amide bonds. The molecule has 0 atom stereocenters. The number of pyridine rings is 1. The minimum atomic E-state index is -0.365. The predicted octanol–water partition coefficient (Wildman–Crippen LogP) is -0.308. The van der Waals surface area contributed by atoms with E-state index in [-0.39, 0.29) is 12.3 Å². The van der Waals surface area contributed by atoms with Crippen molar-refractivity contribution in [3.05, 3.63) is 23.9 Å². The molecule has 4 N–H and O–H groups in total. The first-order valence-corrected chi connectivity index (χ1v) is 3.17. The molecule has 0 spiro atoms. The lowest BCUT2D eigenvalue weighted by Crippen LogP contribution is -2.13. The molecular weight excluding hydrogens is 142 g/mol. The van der Waals surface area contributed by atoms with E-state index in [1.165, 1.54) is 0 Å². The Kier molecular flexibility index (Phi) is 2.06. The SMILES string of the molecule is NC(=O)Cc1ccnc(N)c1. The van der Waals surface area contributed by atoms with Crippen LogP contribution in [0.2, 0.25) is 0 Å². The lowest BCUT2D eigenvalue weighted by Gasteiger charge is -1.96. The highest BCUT2D eigenvalue weighted by molar-refractivity contribution is 5.76. The number of carbonyl (C=O) groups is 1. The normalized spacial score (nSPS) is 9.45. The first kappa shape index (κ1) is 7.53. The Morgan fingerprint density at radius 3 is 2.91 bits per heavy atom. The zero-order valence-corrected chi connectivity index (χ0v) is 5.95. The Labute approximate surface area is 64.2 Å². The van der Waals surface area contributed by atoms with Gasteiger partial charge >= 0.3 is 0 Å². The minimum Gasteiger partial charge on any atom is -0.384 e. The summed E-state index contributed by atoms with van der Waals surface area (Å²) in [6.45, 7) is 0. The lowest BCUT2D eigenvalue weighted by atomic mass is 10.2. The van der Waals surface area contributed by atoms with Crippen molar-refractivity contribution in [1.29, 1.82) is 0 Å². The van der Waals surface area contributed by atoms with Gasteiger partial charge in [-0.15, -0.1) is 0 Å². The number of hydrogen-bond donors (Lipinski definition) is 2. The van der Waals surface area contributed by atoms with Crippen molar-refractivity contribution in [3.63, 3.8) is 0 Å². The van der Waals surface area contributed by atoms with Gasteiger partial charge in [0.05, 0.1) is 6.42 Å². The third-order valence-electron chi connectivity index (χ3n) is 1.22. The van der Waals surface area contributed by atoms with Crippen LogP contribution in [0, 0.1) is 0 Å². The predicted molar refractivity (Wildman–Crippen MR) is 41.5 cm³/mol. The van der Waals surface area contributed by atoms with Crippen LogP contribution in [-0.4, -0.2) is 10.9 Å². The second-order valence-electron chi connectivity index (χ2n) is 2.23. The van der Waals surface area contributed by atoms with Gasteiger partial charge in [0.1, 0.15) is 5.82 Å². The van der Waals surface area contributed by atoms with E-state index in [0.29, 0.717) is 5.82 Å². The molecule has 0 aromatic carbocycles. The molecule has 1 aromatic heterocycles. The summed E-state index contributed by atoms with van der Waals surface area (Å²) in [6, 6.07) is 3.34. The van der Waals surface area contributed by atoms with E-state index in [0.717, 1.165) is 5.56 Å². The monoisotopic (exact) mass is 151 g/mol. The fourth-order valence-corrected chi connectivity index (χ4v) is 0.806. The van der Waals surface area contributed by atoms with E-state index >= 15 is 0 Å². The van der Waals surface area contributed by atoms with E-state index in [2.05, 4.69) is 4.98 Å². The van der Waals surface area contributed by atoms with Crippen molar-refractivity contribution in [2.24, 2.45) is 5.73 Å². The summed E-state index contributed by atoms with van der Waals surface area (Å²) in [7, 11) is 0. The first-order valence-electron chi connectivity index (χ1n) is 3.17. The van der Waals surface area contributed by atoms with Gasteiger partial charge in [0.2, 0.25) is 5.91 Å². The molecule has 0 aliphatic rings. The quantitative estimate of drug-likeness (QED) is 0.608. The molecular formula is C7H9N3O. The fraction of sp³-hybridized carbons (Fsp3) is 0.143. The standard InChI is InChI=1S/C7H9N3O/c8-6-3-5(1-2-10-6)4-7(9)11/h1-3H,4H2,(H2,8,10)(H2,9,11). The summed E-state index contributed by atoms with van der Waals surface area (Å²) >= 11 is 0. The Bertz CT molecular complexity index is 272. The second-order valence-corrected chi connectivity index (χ2v) is 2.23. The molecule has 4 heteroatoms. The highest BCUT2D eigenvalue weighted by Gasteiger charge is 1.97. The number of primary amides is 1. The second kappa shape index (κ2) is 3.01. The zero-order chi connectivity index (χ0) is 8.27. The summed E-state index contributed by atoms with van der Waals surface area (Å²) < 4.78 is 0. The number of aromatic nitrogens is 1. The number of hydrogen-bond acceptors (Lipinski definition) is 3. The van der Waals surface area contributed by atoms with Gasteiger partial charge in [0.15, 0.2) is 0 Å². The molecule has 1 heterocycles. The number of nitrogens with two attached hydrogens (primary N) is 2. The lowest BCUT2D eigenvalue weighted by molar-refractivity contribution is -0.117. The average Bonchev–Trinajstić information content (AvgIpc) is 1.85. The molecule has 0 saturated heterocycles. The summed E-state index contributed by atoms with van der Waals surface area (Å²) in [4.78, 5) is 14.2. The Balaban J connectivity index is 2.79.